The SMILES string of the molecule is CC1(O)CCN(C(=O)CC2CCC2)C1. The molecule has 0 aromatic carbocycles. The number of β-amino-alcohol motifs (C(OH)–C–C–N with tert-alkyl or cyclic N) is 1. The normalized spacial score (nSPS) is 33.1. The van der Waals surface area contributed by atoms with Gasteiger partial charge in [-0.3, -0.25) is 4.79 Å². The van der Waals surface area contributed by atoms with Crippen molar-refractivity contribution in [3.05, 3.63) is 0 Å². The van der Waals surface area contributed by atoms with Crippen LogP contribution < -0.4 is 0 Å². The van der Waals surface area contributed by atoms with E-state index >= 15 is 0 Å². The lowest BCUT2D eigenvalue weighted by molar-refractivity contribution is -0.132. The number of carbonyl (C=O) groups excluding carboxylic acids is 1. The highest BCUT2D eigenvalue weighted by Gasteiger charge is 2.34. The Labute approximate surface area is 85.1 Å². The molecule has 1 atom stereocenters. The molecule has 3 nitrogen and oxygen atoms in total. The van der Waals surface area contributed by atoms with Crippen LogP contribution in [0.3, 0.4) is 0 Å². The van der Waals surface area contributed by atoms with Crippen LogP contribution in [0.15, 0.2) is 0 Å². The van der Waals surface area contributed by atoms with Gasteiger partial charge in [-0.15, -0.1) is 0 Å². The van der Waals surface area contributed by atoms with Crippen molar-refractivity contribution in [2.24, 2.45) is 5.92 Å². The van der Waals surface area contributed by atoms with E-state index in [-0.39, 0.29) is 5.91 Å². The summed E-state index contributed by atoms with van der Waals surface area (Å²) < 4.78 is 0. The van der Waals surface area contributed by atoms with Crippen LogP contribution in [0, 0.1) is 5.92 Å². The molecule has 0 spiro atoms. The maximum Gasteiger partial charge on any atom is 0.222 e. The van der Waals surface area contributed by atoms with Crippen molar-refractivity contribution in [1.82, 2.24) is 4.90 Å². The highest BCUT2D eigenvalue weighted by Crippen LogP contribution is 2.31. The van der Waals surface area contributed by atoms with Gasteiger partial charge in [-0.1, -0.05) is 6.42 Å². The number of hydrogen-bond acceptors (Lipinski definition) is 2. The number of rotatable bonds is 2. The van der Waals surface area contributed by atoms with E-state index in [1.54, 1.807) is 0 Å². The van der Waals surface area contributed by atoms with Crippen LogP contribution in [-0.2, 0) is 4.79 Å². The summed E-state index contributed by atoms with van der Waals surface area (Å²) in [6, 6.07) is 0. The molecule has 1 saturated heterocycles. The summed E-state index contributed by atoms with van der Waals surface area (Å²) in [5.74, 6) is 0.875. The molecule has 2 aliphatic rings. The Kier molecular flexibility index (Phi) is 2.52. The predicted molar refractivity (Wildman–Crippen MR) is 53.8 cm³/mol. The fraction of sp³-hybridized carbons (Fsp3) is 0.909. The number of likely N-dealkylation sites (tertiary alicyclic amines) is 1. The molecule has 0 aromatic heterocycles. The number of nitrogens with zero attached hydrogens (tertiary/aromatic N) is 1. The van der Waals surface area contributed by atoms with Gasteiger partial charge in [0.1, 0.15) is 0 Å². The van der Waals surface area contributed by atoms with Crippen LogP contribution >= 0.6 is 0 Å². The van der Waals surface area contributed by atoms with Crippen molar-refractivity contribution in [3.63, 3.8) is 0 Å². The van der Waals surface area contributed by atoms with Crippen LogP contribution in [0.5, 0.6) is 0 Å². The van der Waals surface area contributed by atoms with E-state index in [1.165, 1.54) is 19.3 Å². The maximum absolute atomic E-state index is 11.8. The molecule has 2 rings (SSSR count). The van der Waals surface area contributed by atoms with Crippen molar-refractivity contribution >= 4 is 5.91 Å². The zero-order valence-electron chi connectivity index (χ0n) is 8.83. The average molecular weight is 197 g/mol. The van der Waals surface area contributed by atoms with E-state index < -0.39 is 5.60 Å². The third kappa shape index (κ3) is 2.08. The molecule has 3 heteroatoms. The van der Waals surface area contributed by atoms with Crippen LogP contribution in [0.2, 0.25) is 0 Å². The number of amides is 1. The van der Waals surface area contributed by atoms with Gasteiger partial charge in [0.25, 0.3) is 0 Å². The van der Waals surface area contributed by atoms with E-state index in [0.29, 0.717) is 18.9 Å². The summed E-state index contributed by atoms with van der Waals surface area (Å²) in [4.78, 5) is 13.6. The molecule has 2 fully saturated rings. The fourth-order valence-corrected chi connectivity index (χ4v) is 2.23. The quantitative estimate of drug-likeness (QED) is 0.721. The van der Waals surface area contributed by atoms with Crippen molar-refractivity contribution in [2.75, 3.05) is 13.1 Å². The number of carbonyl (C=O) groups is 1. The summed E-state index contributed by atoms with van der Waals surface area (Å²) >= 11 is 0. The molecule has 1 amide bonds. The van der Waals surface area contributed by atoms with Crippen LogP contribution in [0.25, 0.3) is 0 Å². The lowest BCUT2D eigenvalue weighted by Crippen LogP contribution is -2.35. The molecule has 1 heterocycles. The fourth-order valence-electron chi connectivity index (χ4n) is 2.23. The molecule has 0 radical (unpaired) electrons. The molecule has 0 bridgehead atoms. The molecule has 80 valence electrons. The molecule has 1 saturated carbocycles. The molecule has 0 aromatic rings. The summed E-state index contributed by atoms with van der Waals surface area (Å²) in [6.07, 6.45) is 5.15. The zero-order valence-corrected chi connectivity index (χ0v) is 8.83. The topological polar surface area (TPSA) is 40.5 Å². The van der Waals surface area contributed by atoms with Gasteiger partial charge in [0, 0.05) is 19.5 Å². The third-order valence-electron chi connectivity index (χ3n) is 3.49. The minimum absolute atomic E-state index is 0.243. The van der Waals surface area contributed by atoms with Crippen molar-refractivity contribution in [1.29, 1.82) is 0 Å². The molecule has 1 aliphatic carbocycles. The summed E-state index contributed by atoms with van der Waals surface area (Å²) in [5.41, 5.74) is -0.644. The largest absolute Gasteiger partial charge is 0.388 e. The van der Waals surface area contributed by atoms with Crippen molar-refractivity contribution in [2.45, 2.75) is 44.6 Å². The van der Waals surface area contributed by atoms with Gasteiger partial charge in [0.05, 0.1) is 5.60 Å². The summed E-state index contributed by atoms with van der Waals surface area (Å²) in [7, 11) is 0. The van der Waals surface area contributed by atoms with Gasteiger partial charge in [0.2, 0.25) is 5.91 Å². The Morgan fingerprint density at radius 1 is 1.57 bits per heavy atom. The molecular formula is C11H19NO2. The first-order valence-corrected chi connectivity index (χ1v) is 5.57. The van der Waals surface area contributed by atoms with Crippen LogP contribution in [0.1, 0.15) is 39.0 Å². The standard InChI is InChI=1S/C11H19NO2/c1-11(14)5-6-12(8-11)10(13)7-9-3-2-4-9/h9,14H,2-8H2,1H3. The first-order chi connectivity index (χ1) is 6.57. The van der Waals surface area contributed by atoms with E-state index in [9.17, 15) is 9.90 Å². The van der Waals surface area contributed by atoms with Gasteiger partial charge < -0.3 is 10.0 Å². The molecule has 14 heavy (non-hydrogen) atoms. The molecule has 1 N–H and O–H groups in total. The molecule has 1 unspecified atom stereocenters. The second kappa shape index (κ2) is 3.54. The van der Waals surface area contributed by atoms with Gasteiger partial charge >= 0.3 is 0 Å². The molecular weight excluding hydrogens is 178 g/mol. The van der Waals surface area contributed by atoms with Gasteiger partial charge in [0.15, 0.2) is 0 Å². The second-order valence-corrected chi connectivity index (χ2v) is 5.06. The highest BCUT2D eigenvalue weighted by molar-refractivity contribution is 5.77. The van der Waals surface area contributed by atoms with Gasteiger partial charge in [-0.05, 0) is 32.1 Å². The van der Waals surface area contributed by atoms with Crippen molar-refractivity contribution < 1.29 is 9.90 Å². The zero-order chi connectivity index (χ0) is 10.2. The number of hydrogen-bond donors (Lipinski definition) is 1. The number of aliphatic hydroxyl groups is 1. The second-order valence-electron chi connectivity index (χ2n) is 5.06. The summed E-state index contributed by atoms with van der Waals surface area (Å²) in [5, 5.41) is 9.73. The minimum Gasteiger partial charge on any atom is -0.388 e. The van der Waals surface area contributed by atoms with Crippen LogP contribution in [-0.4, -0.2) is 34.6 Å². The smallest absolute Gasteiger partial charge is 0.222 e. The maximum atomic E-state index is 11.8. The lowest BCUT2D eigenvalue weighted by atomic mass is 9.83. The lowest BCUT2D eigenvalue weighted by Gasteiger charge is -2.27. The van der Waals surface area contributed by atoms with Crippen molar-refractivity contribution in [3.8, 4) is 0 Å². The molecule has 1 aliphatic heterocycles. The Morgan fingerprint density at radius 3 is 2.71 bits per heavy atom. The third-order valence-corrected chi connectivity index (χ3v) is 3.49. The monoisotopic (exact) mass is 197 g/mol. The predicted octanol–water partition coefficient (Wildman–Crippen LogP) is 1.16. The van der Waals surface area contributed by atoms with E-state index in [4.69, 9.17) is 0 Å². The van der Waals surface area contributed by atoms with E-state index in [0.717, 1.165) is 13.0 Å². The first-order valence-electron chi connectivity index (χ1n) is 5.57. The Bertz CT molecular complexity index is 233. The van der Waals surface area contributed by atoms with Gasteiger partial charge in [-0.25, -0.2) is 0 Å². The minimum atomic E-state index is -0.644. The Hall–Kier alpha value is -0.570. The van der Waals surface area contributed by atoms with Crippen LogP contribution in [0.4, 0.5) is 0 Å². The summed E-state index contributed by atoms with van der Waals surface area (Å²) in [6.45, 7) is 3.07. The highest BCUT2D eigenvalue weighted by atomic mass is 16.3. The van der Waals surface area contributed by atoms with E-state index in [2.05, 4.69) is 0 Å². The van der Waals surface area contributed by atoms with E-state index in [1.807, 2.05) is 11.8 Å². The Morgan fingerprint density at radius 2 is 2.29 bits per heavy atom. The van der Waals surface area contributed by atoms with Gasteiger partial charge in [-0.2, -0.15) is 0 Å². The average Bonchev–Trinajstić information content (AvgIpc) is 2.38. The first kappa shape index (κ1) is 9.97. The Balaban J connectivity index is 1.80.